The highest BCUT2D eigenvalue weighted by Gasteiger charge is 2.22. The third-order valence-corrected chi connectivity index (χ3v) is 4.02. The Hall–Kier alpha value is -0.340. The maximum absolute atomic E-state index is 11.3. The van der Waals surface area contributed by atoms with Crippen LogP contribution in [0.1, 0.15) is 20.3 Å². The molecule has 0 bridgehead atoms. The second-order valence-corrected chi connectivity index (χ2v) is 4.86. The molecule has 72 valence electrons. The second kappa shape index (κ2) is 5.33. The van der Waals surface area contributed by atoms with Crippen molar-refractivity contribution in [2.24, 2.45) is 0 Å². The fraction of sp³-hybridized carbons (Fsp3) is 0.857. The summed E-state index contributed by atoms with van der Waals surface area (Å²) in [5.74, 6) is -1.03. The summed E-state index contributed by atoms with van der Waals surface area (Å²) >= 11 is 0. The Morgan fingerprint density at radius 1 is 1.58 bits per heavy atom. The van der Waals surface area contributed by atoms with E-state index in [0.717, 1.165) is 0 Å². The molecule has 0 spiro atoms. The van der Waals surface area contributed by atoms with Crippen LogP contribution in [-0.2, 0) is 9.36 Å². The molecule has 0 heterocycles. The van der Waals surface area contributed by atoms with Gasteiger partial charge in [-0.3, -0.25) is 4.79 Å². The largest absolute Gasteiger partial charge is 0.481 e. The molecule has 0 aromatic heterocycles. The summed E-state index contributed by atoms with van der Waals surface area (Å²) in [7, 11) is -2.18. The summed E-state index contributed by atoms with van der Waals surface area (Å²) in [5, 5.41) is 17.5. The van der Waals surface area contributed by atoms with Crippen molar-refractivity contribution in [3.63, 3.8) is 0 Å². The zero-order valence-electron chi connectivity index (χ0n) is 7.28. The van der Waals surface area contributed by atoms with Crippen LogP contribution in [0.2, 0.25) is 0 Å². The van der Waals surface area contributed by atoms with Crippen LogP contribution in [0.15, 0.2) is 0 Å². The molecule has 0 amide bonds. The zero-order valence-corrected chi connectivity index (χ0v) is 8.28. The average molecular weight is 194 g/mol. The van der Waals surface area contributed by atoms with Gasteiger partial charge in [0.1, 0.15) is 5.66 Å². The van der Waals surface area contributed by atoms with E-state index >= 15 is 0 Å². The van der Waals surface area contributed by atoms with Gasteiger partial charge in [-0.25, -0.2) is 0 Å². The minimum Gasteiger partial charge on any atom is -0.481 e. The van der Waals surface area contributed by atoms with Crippen molar-refractivity contribution in [1.82, 2.24) is 0 Å². The van der Waals surface area contributed by atoms with Crippen LogP contribution in [0.3, 0.4) is 0 Å². The third kappa shape index (κ3) is 3.88. The molecular formula is C7H15O4P. The van der Waals surface area contributed by atoms with E-state index in [1.165, 1.54) is 6.92 Å². The van der Waals surface area contributed by atoms with E-state index in [4.69, 9.17) is 10.2 Å². The van der Waals surface area contributed by atoms with E-state index in [-0.39, 0.29) is 6.16 Å². The van der Waals surface area contributed by atoms with Gasteiger partial charge < -0.3 is 14.8 Å². The van der Waals surface area contributed by atoms with Gasteiger partial charge in [-0.2, -0.15) is 0 Å². The minimum atomic E-state index is -2.18. The van der Waals surface area contributed by atoms with Crippen molar-refractivity contribution in [3.8, 4) is 0 Å². The third-order valence-electron chi connectivity index (χ3n) is 1.59. The molecule has 0 aliphatic rings. The van der Waals surface area contributed by atoms with Gasteiger partial charge in [0.2, 0.25) is 0 Å². The molecule has 0 fully saturated rings. The van der Waals surface area contributed by atoms with Crippen LogP contribution in [0.4, 0.5) is 0 Å². The number of hydrogen-bond acceptors (Lipinski definition) is 3. The molecule has 0 aromatic carbocycles. The maximum Gasteiger partial charge on any atom is 0.313 e. The smallest absolute Gasteiger partial charge is 0.313 e. The molecule has 0 saturated heterocycles. The Bertz CT molecular complexity index is 178. The highest BCUT2D eigenvalue weighted by Crippen LogP contribution is 2.31. The lowest BCUT2D eigenvalue weighted by Crippen LogP contribution is -2.18. The van der Waals surface area contributed by atoms with Crippen molar-refractivity contribution in [1.29, 1.82) is 0 Å². The fourth-order valence-electron chi connectivity index (χ4n) is 0.973. The summed E-state index contributed by atoms with van der Waals surface area (Å²) in [5.41, 5.74) is -0.774. The standard InChI is InChI=1S/C7H15O4P/c1-3-6(7(9)10)12(11)4-5(2)8/h5-6,8,12H,3-4H2,1-2H3,(H,9,10). The van der Waals surface area contributed by atoms with Crippen LogP contribution in [0.25, 0.3) is 0 Å². The molecule has 0 rings (SSSR count). The molecule has 0 radical (unpaired) electrons. The van der Waals surface area contributed by atoms with Gasteiger partial charge in [0.25, 0.3) is 0 Å². The molecule has 4 nitrogen and oxygen atoms in total. The molecule has 0 aliphatic carbocycles. The van der Waals surface area contributed by atoms with Gasteiger partial charge in [0.05, 0.1) is 13.9 Å². The number of hydrogen-bond donors (Lipinski definition) is 2. The average Bonchev–Trinajstić information content (AvgIpc) is 1.85. The highest BCUT2D eigenvalue weighted by atomic mass is 31.1. The summed E-state index contributed by atoms with van der Waals surface area (Å²) in [6, 6.07) is 0. The first kappa shape index (κ1) is 11.7. The van der Waals surface area contributed by atoms with Gasteiger partial charge in [0, 0.05) is 6.16 Å². The SMILES string of the molecule is CCC(C(=O)O)[PH](=O)CC(C)O. The van der Waals surface area contributed by atoms with Gasteiger partial charge in [-0.1, -0.05) is 6.92 Å². The molecule has 0 aromatic rings. The number of carbonyl (C=O) groups is 1. The van der Waals surface area contributed by atoms with Crippen LogP contribution >= 0.6 is 7.80 Å². The first-order valence-electron chi connectivity index (χ1n) is 3.92. The van der Waals surface area contributed by atoms with E-state index in [2.05, 4.69) is 0 Å². The van der Waals surface area contributed by atoms with E-state index in [9.17, 15) is 9.36 Å². The van der Waals surface area contributed by atoms with Gasteiger partial charge in [-0.15, -0.1) is 0 Å². The molecule has 2 N–H and O–H groups in total. The quantitative estimate of drug-likeness (QED) is 0.634. The number of carboxylic acids is 1. The van der Waals surface area contributed by atoms with Crippen molar-refractivity contribution >= 4 is 13.8 Å². The molecule has 3 atom stereocenters. The zero-order chi connectivity index (χ0) is 9.72. The topological polar surface area (TPSA) is 74.6 Å². The Balaban J connectivity index is 4.13. The van der Waals surface area contributed by atoms with Crippen molar-refractivity contribution in [3.05, 3.63) is 0 Å². The van der Waals surface area contributed by atoms with Gasteiger partial charge in [0.15, 0.2) is 0 Å². The Morgan fingerprint density at radius 3 is 2.33 bits per heavy atom. The van der Waals surface area contributed by atoms with E-state index < -0.39 is 25.5 Å². The van der Waals surface area contributed by atoms with Crippen molar-refractivity contribution in [2.75, 3.05) is 6.16 Å². The number of aliphatic hydroxyl groups is 1. The van der Waals surface area contributed by atoms with Gasteiger partial charge in [-0.05, 0) is 13.3 Å². The number of rotatable bonds is 5. The maximum atomic E-state index is 11.3. The first-order valence-corrected chi connectivity index (χ1v) is 5.61. The molecule has 5 heteroatoms. The van der Waals surface area contributed by atoms with Crippen LogP contribution in [-0.4, -0.2) is 34.1 Å². The Morgan fingerprint density at radius 2 is 2.08 bits per heavy atom. The molecule has 12 heavy (non-hydrogen) atoms. The summed E-state index contributed by atoms with van der Waals surface area (Å²) < 4.78 is 11.3. The van der Waals surface area contributed by atoms with Crippen molar-refractivity contribution < 1.29 is 19.6 Å². The van der Waals surface area contributed by atoms with Crippen LogP contribution in [0, 0.1) is 0 Å². The van der Waals surface area contributed by atoms with Crippen LogP contribution in [0.5, 0.6) is 0 Å². The Kier molecular flexibility index (Phi) is 5.18. The van der Waals surface area contributed by atoms with E-state index in [0.29, 0.717) is 6.42 Å². The molecule has 0 saturated carbocycles. The summed E-state index contributed by atoms with van der Waals surface area (Å²) in [4.78, 5) is 10.5. The minimum absolute atomic E-state index is 0.107. The van der Waals surface area contributed by atoms with E-state index in [1.54, 1.807) is 6.92 Å². The van der Waals surface area contributed by atoms with E-state index in [1.807, 2.05) is 0 Å². The van der Waals surface area contributed by atoms with Gasteiger partial charge >= 0.3 is 5.97 Å². The lowest BCUT2D eigenvalue weighted by Gasteiger charge is -2.10. The predicted molar refractivity (Wildman–Crippen MR) is 47.3 cm³/mol. The summed E-state index contributed by atoms with van der Waals surface area (Å²) in [6.45, 7) is 3.19. The second-order valence-electron chi connectivity index (χ2n) is 2.82. The first-order chi connectivity index (χ1) is 5.49. The monoisotopic (exact) mass is 194 g/mol. The normalized spacial score (nSPS) is 18.2. The molecule has 3 unspecified atom stereocenters. The molecule has 0 aliphatic heterocycles. The lowest BCUT2D eigenvalue weighted by atomic mass is 10.3. The number of aliphatic hydroxyl groups excluding tert-OH is 1. The summed E-state index contributed by atoms with van der Waals surface area (Å²) in [6.07, 6.45) is -0.209. The number of carboxylic acid groups (broad SMARTS) is 1. The van der Waals surface area contributed by atoms with Crippen LogP contribution < -0.4 is 0 Å². The van der Waals surface area contributed by atoms with Crippen molar-refractivity contribution in [2.45, 2.75) is 32.0 Å². The lowest BCUT2D eigenvalue weighted by molar-refractivity contribution is -0.136. The fourth-order valence-corrected chi connectivity index (χ4v) is 2.57. The predicted octanol–water partition coefficient (Wildman–Crippen LogP) is 0.790. The highest BCUT2D eigenvalue weighted by molar-refractivity contribution is 7.46. The Labute approximate surface area is 72.4 Å². The number of aliphatic carboxylic acids is 1. The molecular weight excluding hydrogens is 179 g/mol.